The number of alkyl halides is 1. The summed E-state index contributed by atoms with van der Waals surface area (Å²) in [6.45, 7) is 3.28. The Morgan fingerprint density at radius 2 is 2.44 bits per heavy atom. The van der Waals surface area contributed by atoms with Crippen LogP contribution in [0.1, 0.15) is 18.9 Å². The maximum atomic E-state index is 12.3. The van der Waals surface area contributed by atoms with Gasteiger partial charge in [0.25, 0.3) is 0 Å². The first-order valence-corrected chi connectivity index (χ1v) is 2.86. The molecular formula is C6H9FN2. The van der Waals surface area contributed by atoms with E-state index in [9.17, 15) is 4.39 Å². The summed E-state index contributed by atoms with van der Waals surface area (Å²) in [4.78, 5) is 0. The van der Waals surface area contributed by atoms with Crippen LogP contribution >= 0.6 is 0 Å². The molecule has 0 saturated heterocycles. The predicted molar refractivity (Wildman–Crippen MR) is 32.8 cm³/mol. The molecule has 0 bridgehead atoms. The van der Waals surface area contributed by atoms with E-state index < -0.39 is 6.30 Å². The lowest BCUT2D eigenvalue weighted by Crippen LogP contribution is -1.99. The predicted octanol–water partition coefficient (Wildman–Crippen LogP) is 1.68. The molecule has 0 radical (unpaired) electrons. The first-order chi connectivity index (χ1) is 4.20. The summed E-state index contributed by atoms with van der Waals surface area (Å²) in [5, 5.41) is 3.85. The molecule has 0 aromatic carbocycles. The van der Waals surface area contributed by atoms with E-state index in [1.54, 1.807) is 12.3 Å². The molecule has 9 heavy (non-hydrogen) atoms. The number of hydrogen-bond acceptors (Lipinski definition) is 1. The number of halogens is 1. The molecule has 1 aromatic heterocycles. The Morgan fingerprint density at radius 3 is 2.67 bits per heavy atom. The number of aryl methyl sites for hydroxylation is 1. The highest BCUT2D eigenvalue weighted by atomic mass is 19.1. The highest BCUT2D eigenvalue weighted by Crippen LogP contribution is 2.04. The standard InChI is InChI=1S/C6H9FN2/c1-5-3-4-9(8-5)6(2)7/h3-4,6H,1-2H3. The number of rotatable bonds is 1. The normalized spacial score (nSPS) is 13.7. The van der Waals surface area contributed by atoms with Crippen LogP contribution in [-0.4, -0.2) is 9.78 Å². The second-order valence-electron chi connectivity index (χ2n) is 2.01. The van der Waals surface area contributed by atoms with Crippen LogP contribution in [0.4, 0.5) is 4.39 Å². The van der Waals surface area contributed by atoms with Gasteiger partial charge in [-0.2, -0.15) is 5.10 Å². The van der Waals surface area contributed by atoms with Crippen molar-refractivity contribution < 1.29 is 4.39 Å². The molecule has 0 N–H and O–H groups in total. The van der Waals surface area contributed by atoms with Gasteiger partial charge in [0.1, 0.15) is 0 Å². The lowest BCUT2D eigenvalue weighted by atomic mass is 10.5. The van der Waals surface area contributed by atoms with Crippen LogP contribution in [0, 0.1) is 6.92 Å². The molecule has 0 saturated carbocycles. The van der Waals surface area contributed by atoms with Crippen molar-refractivity contribution in [1.82, 2.24) is 9.78 Å². The number of nitrogens with zero attached hydrogens (tertiary/aromatic N) is 2. The Labute approximate surface area is 53.3 Å². The molecular weight excluding hydrogens is 119 g/mol. The topological polar surface area (TPSA) is 17.8 Å². The van der Waals surface area contributed by atoms with Crippen molar-refractivity contribution in [1.29, 1.82) is 0 Å². The second kappa shape index (κ2) is 2.17. The van der Waals surface area contributed by atoms with Crippen LogP contribution in [0.15, 0.2) is 12.3 Å². The maximum Gasteiger partial charge on any atom is 0.188 e. The Hall–Kier alpha value is -0.860. The third kappa shape index (κ3) is 1.28. The van der Waals surface area contributed by atoms with Crippen LogP contribution in [0.25, 0.3) is 0 Å². The van der Waals surface area contributed by atoms with Crippen molar-refractivity contribution in [2.24, 2.45) is 0 Å². The quantitative estimate of drug-likeness (QED) is 0.562. The minimum atomic E-state index is -1.02. The zero-order valence-corrected chi connectivity index (χ0v) is 5.50. The van der Waals surface area contributed by atoms with Gasteiger partial charge in [0.2, 0.25) is 0 Å². The molecule has 0 amide bonds. The largest absolute Gasteiger partial charge is 0.239 e. The van der Waals surface area contributed by atoms with Crippen molar-refractivity contribution in [2.45, 2.75) is 20.1 Å². The zero-order valence-electron chi connectivity index (χ0n) is 5.50. The lowest BCUT2D eigenvalue weighted by Gasteiger charge is -1.98. The van der Waals surface area contributed by atoms with Gasteiger partial charge in [-0.1, -0.05) is 0 Å². The fourth-order valence-corrected chi connectivity index (χ4v) is 0.631. The molecule has 1 heterocycles. The minimum absolute atomic E-state index is 0.847. The first-order valence-electron chi connectivity index (χ1n) is 2.86. The fourth-order valence-electron chi connectivity index (χ4n) is 0.631. The Bertz CT molecular complexity index is 193. The van der Waals surface area contributed by atoms with Gasteiger partial charge in [0.15, 0.2) is 6.30 Å². The molecule has 1 atom stereocenters. The van der Waals surface area contributed by atoms with Crippen LogP contribution in [0.5, 0.6) is 0 Å². The highest BCUT2D eigenvalue weighted by molar-refractivity contribution is 4.94. The molecule has 2 nitrogen and oxygen atoms in total. The summed E-state index contributed by atoms with van der Waals surface area (Å²) in [6, 6.07) is 1.77. The van der Waals surface area contributed by atoms with E-state index in [0.717, 1.165) is 5.69 Å². The van der Waals surface area contributed by atoms with Gasteiger partial charge < -0.3 is 0 Å². The van der Waals surface area contributed by atoms with Gasteiger partial charge in [0.05, 0.1) is 5.69 Å². The van der Waals surface area contributed by atoms with Crippen molar-refractivity contribution in [3.8, 4) is 0 Å². The van der Waals surface area contributed by atoms with E-state index in [2.05, 4.69) is 5.10 Å². The molecule has 0 aliphatic carbocycles. The van der Waals surface area contributed by atoms with E-state index in [1.165, 1.54) is 11.6 Å². The average Bonchev–Trinajstić information content (AvgIpc) is 2.14. The van der Waals surface area contributed by atoms with Gasteiger partial charge in [0, 0.05) is 6.20 Å². The summed E-state index contributed by atoms with van der Waals surface area (Å²) in [6.07, 6.45) is 0.610. The SMILES string of the molecule is Cc1ccn(C(C)F)n1. The van der Waals surface area contributed by atoms with Crippen LogP contribution in [0.3, 0.4) is 0 Å². The second-order valence-corrected chi connectivity index (χ2v) is 2.01. The monoisotopic (exact) mass is 128 g/mol. The third-order valence-corrected chi connectivity index (χ3v) is 1.11. The lowest BCUT2D eigenvalue weighted by molar-refractivity contribution is 0.244. The third-order valence-electron chi connectivity index (χ3n) is 1.11. The summed E-state index contributed by atoms with van der Waals surface area (Å²) < 4.78 is 13.6. The Morgan fingerprint density at radius 1 is 1.78 bits per heavy atom. The van der Waals surface area contributed by atoms with Gasteiger partial charge in [-0.15, -0.1) is 0 Å². The molecule has 0 aliphatic rings. The summed E-state index contributed by atoms with van der Waals surface area (Å²) in [7, 11) is 0. The molecule has 1 aromatic rings. The van der Waals surface area contributed by atoms with Crippen LogP contribution in [0.2, 0.25) is 0 Å². The summed E-state index contributed by atoms with van der Waals surface area (Å²) >= 11 is 0. The van der Waals surface area contributed by atoms with E-state index in [0.29, 0.717) is 0 Å². The smallest absolute Gasteiger partial charge is 0.188 e. The van der Waals surface area contributed by atoms with Crippen LogP contribution in [-0.2, 0) is 0 Å². The van der Waals surface area contributed by atoms with Crippen molar-refractivity contribution in [3.05, 3.63) is 18.0 Å². The molecule has 0 fully saturated rings. The van der Waals surface area contributed by atoms with Crippen molar-refractivity contribution in [3.63, 3.8) is 0 Å². The van der Waals surface area contributed by atoms with Gasteiger partial charge in [-0.25, -0.2) is 9.07 Å². The molecule has 1 unspecified atom stereocenters. The van der Waals surface area contributed by atoms with E-state index in [-0.39, 0.29) is 0 Å². The Kier molecular flexibility index (Phi) is 1.51. The average molecular weight is 128 g/mol. The van der Waals surface area contributed by atoms with Gasteiger partial charge >= 0.3 is 0 Å². The minimum Gasteiger partial charge on any atom is -0.239 e. The maximum absolute atomic E-state index is 12.3. The number of aromatic nitrogens is 2. The molecule has 50 valence electrons. The van der Waals surface area contributed by atoms with Gasteiger partial charge in [-0.3, -0.25) is 0 Å². The van der Waals surface area contributed by atoms with E-state index in [4.69, 9.17) is 0 Å². The van der Waals surface area contributed by atoms with Crippen molar-refractivity contribution >= 4 is 0 Å². The zero-order chi connectivity index (χ0) is 6.85. The van der Waals surface area contributed by atoms with Crippen molar-refractivity contribution in [2.75, 3.05) is 0 Å². The Balaban J connectivity index is 2.85. The molecule has 0 spiro atoms. The summed E-state index contributed by atoms with van der Waals surface area (Å²) in [5.74, 6) is 0. The molecule has 0 aliphatic heterocycles. The van der Waals surface area contributed by atoms with E-state index in [1.807, 2.05) is 6.92 Å². The fraction of sp³-hybridized carbons (Fsp3) is 0.500. The molecule has 1 rings (SSSR count). The first kappa shape index (κ1) is 6.26. The van der Waals surface area contributed by atoms with Gasteiger partial charge in [-0.05, 0) is 19.9 Å². The van der Waals surface area contributed by atoms with Crippen LogP contribution < -0.4 is 0 Å². The summed E-state index contributed by atoms with van der Waals surface area (Å²) in [5.41, 5.74) is 0.847. The molecule has 3 heteroatoms. The number of hydrogen-bond donors (Lipinski definition) is 0. The van der Waals surface area contributed by atoms with E-state index >= 15 is 0 Å². The highest BCUT2D eigenvalue weighted by Gasteiger charge is 1.99.